The zero-order valence-electron chi connectivity index (χ0n) is 58.0. The minimum Gasteiger partial charge on any atom is -0.456 e. The van der Waals surface area contributed by atoms with Gasteiger partial charge in [0.05, 0.1) is 22.4 Å². The maximum absolute atomic E-state index is 6.64. The van der Waals surface area contributed by atoms with Crippen molar-refractivity contribution in [3.05, 3.63) is 364 Å². The SMILES string of the molecule is c1ccc(-c2ccc(-c3nc(-c4ccccc4)nc(-c4cccc(-c5ccc6c(c5)oc5ccc7c(-c8ccccc8)nc8ccccc8c7c56)c4)n3)cc2)cc1.c1ccc(-c2nc(-c3ccccc3)nc(-c3ccc(-c4ccc5c(c4)oc4ccc6c(-c7ccccc7)nc7ccccc7c6c45)cc3)n2)cc1. The second kappa shape index (κ2) is 26.8. The molecule has 0 aliphatic heterocycles. The summed E-state index contributed by atoms with van der Waals surface area (Å²) < 4.78 is 13.2. The normalized spacial score (nSPS) is 11.5. The van der Waals surface area contributed by atoms with E-state index in [9.17, 15) is 0 Å². The molecule has 504 valence electrons. The van der Waals surface area contributed by atoms with Crippen molar-refractivity contribution in [2.45, 2.75) is 0 Å². The predicted octanol–water partition coefficient (Wildman–Crippen LogP) is 25.3. The number of pyridine rings is 2. The summed E-state index contributed by atoms with van der Waals surface area (Å²) in [6.07, 6.45) is 0. The van der Waals surface area contributed by atoms with Crippen molar-refractivity contribution >= 4 is 87.2 Å². The number of fused-ring (bicyclic) bond motifs is 14. The number of nitrogens with zero attached hydrogens (tertiary/aromatic N) is 8. The van der Waals surface area contributed by atoms with Crippen LogP contribution in [0.1, 0.15) is 0 Å². The fourth-order valence-corrected chi connectivity index (χ4v) is 15.0. The molecule has 21 rings (SSSR count). The van der Waals surface area contributed by atoms with Gasteiger partial charge in [-0.15, -0.1) is 0 Å². The average molecular weight is 1380 g/mol. The zero-order valence-corrected chi connectivity index (χ0v) is 58.0. The van der Waals surface area contributed by atoms with Gasteiger partial charge in [-0.25, -0.2) is 39.9 Å². The first-order valence-corrected chi connectivity index (χ1v) is 36.0. The third-order valence-electron chi connectivity index (χ3n) is 20.2. The van der Waals surface area contributed by atoms with Crippen molar-refractivity contribution in [1.29, 1.82) is 0 Å². The molecule has 0 radical (unpaired) electrons. The van der Waals surface area contributed by atoms with Crippen LogP contribution < -0.4 is 0 Å². The van der Waals surface area contributed by atoms with E-state index in [1.54, 1.807) is 0 Å². The van der Waals surface area contributed by atoms with Crippen LogP contribution >= 0.6 is 0 Å². The monoisotopic (exact) mass is 1380 g/mol. The first kappa shape index (κ1) is 63.0. The number of hydrogen-bond donors (Lipinski definition) is 0. The van der Waals surface area contributed by atoms with Crippen molar-refractivity contribution in [1.82, 2.24) is 39.9 Å². The summed E-state index contributed by atoms with van der Waals surface area (Å²) >= 11 is 0. The number of rotatable bonds is 11. The lowest BCUT2D eigenvalue weighted by molar-refractivity contribution is 0.669. The topological polar surface area (TPSA) is 129 Å². The van der Waals surface area contributed by atoms with Gasteiger partial charge in [-0.1, -0.05) is 297 Å². The van der Waals surface area contributed by atoms with E-state index in [2.05, 4.69) is 243 Å². The van der Waals surface area contributed by atoms with E-state index in [1.165, 1.54) is 5.56 Å². The van der Waals surface area contributed by atoms with Gasteiger partial charge in [0.2, 0.25) is 0 Å². The van der Waals surface area contributed by atoms with Crippen LogP contribution in [0.15, 0.2) is 373 Å². The summed E-state index contributed by atoms with van der Waals surface area (Å²) in [6.45, 7) is 0. The molecule has 0 saturated carbocycles. The van der Waals surface area contributed by atoms with Crippen LogP contribution in [0.25, 0.3) is 211 Å². The molecule has 0 amide bonds. The number of aromatic nitrogens is 8. The Labute approximate surface area is 620 Å². The van der Waals surface area contributed by atoms with Gasteiger partial charge in [-0.05, 0) is 100 Å². The molecule has 6 aromatic heterocycles. The highest BCUT2D eigenvalue weighted by molar-refractivity contribution is 6.30. The molecule has 21 aromatic rings. The summed E-state index contributed by atoms with van der Waals surface area (Å²) in [4.78, 5) is 39.9. The summed E-state index contributed by atoms with van der Waals surface area (Å²) in [5.74, 6) is 3.78. The van der Waals surface area contributed by atoms with E-state index >= 15 is 0 Å². The highest BCUT2D eigenvalue weighted by Gasteiger charge is 2.22. The lowest BCUT2D eigenvalue weighted by Gasteiger charge is -2.11. The predicted molar refractivity (Wildman–Crippen MR) is 440 cm³/mol. The van der Waals surface area contributed by atoms with Crippen LogP contribution in [0.5, 0.6) is 0 Å². The molecule has 10 heteroatoms. The highest BCUT2D eigenvalue weighted by Crippen LogP contribution is 2.45. The van der Waals surface area contributed by atoms with E-state index in [4.69, 9.17) is 48.7 Å². The van der Waals surface area contributed by atoms with E-state index in [-0.39, 0.29) is 0 Å². The molecule has 0 atom stereocenters. The second-order valence-corrected chi connectivity index (χ2v) is 26.8. The van der Waals surface area contributed by atoms with Gasteiger partial charge in [0.15, 0.2) is 34.9 Å². The van der Waals surface area contributed by atoms with Gasteiger partial charge < -0.3 is 8.83 Å². The van der Waals surface area contributed by atoms with Crippen LogP contribution in [-0.4, -0.2) is 39.9 Å². The molecule has 108 heavy (non-hydrogen) atoms. The van der Waals surface area contributed by atoms with E-state index in [0.717, 1.165) is 171 Å². The van der Waals surface area contributed by atoms with Gasteiger partial charge in [-0.2, -0.15) is 0 Å². The maximum Gasteiger partial charge on any atom is 0.164 e. The standard InChI is InChI=1S/C52H32N4O.C46H28N4O/c1-4-13-33(14-5-1)34-23-25-37(26-24-34)51-54-50(36-17-8-3-9-18-36)55-52(56-51)40-20-12-19-38(31-40)39-27-28-42-46(32-39)57-45-30-29-43-47(48(42)45)41-21-10-11-22-44(41)53-49(43)35-15-6-2-7-16-35;1-4-12-30(13-5-1)43-37-26-27-39-42(41(37)35-18-10-11-19-38(35)47-43)36-25-24-34(28-40(36)51-39)29-20-22-33(23-21-29)46-49-44(31-14-6-2-7-15-31)48-45(50-46)32-16-8-3-9-17-32/h1-32H;1-28H. The Balaban J connectivity index is 0.000000143. The third-order valence-corrected chi connectivity index (χ3v) is 20.2. The van der Waals surface area contributed by atoms with Gasteiger partial charge >= 0.3 is 0 Å². The fourth-order valence-electron chi connectivity index (χ4n) is 15.0. The Hall–Kier alpha value is -14.7. The molecule has 0 unspecified atom stereocenters. The summed E-state index contributed by atoms with van der Waals surface area (Å²) in [7, 11) is 0. The molecule has 6 heterocycles. The second-order valence-electron chi connectivity index (χ2n) is 26.8. The molecule has 0 aliphatic rings. The molecular formula is C98H60N8O2. The number of hydrogen-bond acceptors (Lipinski definition) is 10. The average Bonchev–Trinajstić information content (AvgIpc) is 1.50. The van der Waals surface area contributed by atoms with Crippen LogP contribution in [0.4, 0.5) is 0 Å². The van der Waals surface area contributed by atoms with Crippen molar-refractivity contribution in [2.24, 2.45) is 0 Å². The minimum absolute atomic E-state index is 0.610. The number of para-hydroxylation sites is 2. The molecule has 0 bridgehead atoms. The third kappa shape index (κ3) is 11.6. The van der Waals surface area contributed by atoms with E-state index in [0.29, 0.717) is 34.9 Å². The molecule has 0 fully saturated rings. The smallest absolute Gasteiger partial charge is 0.164 e. The molecule has 0 saturated heterocycles. The molecule has 0 aliphatic carbocycles. The first-order valence-electron chi connectivity index (χ1n) is 36.0. The van der Waals surface area contributed by atoms with Gasteiger partial charge in [0, 0.05) is 98.4 Å². The molecule has 10 nitrogen and oxygen atoms in total. The number of benzene rings is 15. The largest absolute Gasteiger partial charge is 0.456 e. The molecule has 0 spiro atoms. The van der Waals surface area contributed by atoms with Crippen molar-refractivity contribution in [3.8, 4) is 124 Å². The lowest BCUT2D eigenvalue weighted by Crippen LogP contribution is -2.00. The zero-order chi connectivity index (χ0) is 71.4. The summed E-state index contributed by atoms with van der Waals surface area (Å²) in [6, 6.07) is 125. The van der Waals surface area contributed by atoms with E-state index < -0.39 is 0 Å². The summed E-state index contributed by atoms with van der Waals surface area (Å²) in [5, 5.41) is 11.1. The quantitative estimate of drug-likeness (QED) is 0.115. The molecule has 0 N–H and O–H groups in total. The van der Waals surface area contributed by atoms with Crippen LogP contribution in [0.3, 0.4) is 0 Å². The maximum atomic E-state index is 6.64. The minimum atomic E-state index is 0.610. The van der Waals surface area contributed by atoms with Crippen LogP contribution in [0, 0.1) is 0 Å². The Morgan fingerprint density at radius 3 is 0.824 bits per heavy atom. The Morgan fingerprint density at radius 1 is 0.148 bits per heavy atom. The molecular weight excluding hydrogens is 1320 g/mol. The summed E-state index contributed by atoms with van der Waals surface area (Å²) in [5.41, 5.74) is 21.5. The number of furan rings is 2. The van der Waals surface area contributed by atoms with Crippen molar-refractivity contribution in [3.63, 3.8) is 0 Å². The Kier molecular flexibility index (Phi) is 15.6. The van der Waals surface area contributed by atoms with Crippen LogP contribution in [0.2, 0.25) is 0 Å². The fraction of sp³-hybridized carbons (Fsp3) is 0. The molecule has 15 aromatic carbocycles. The van der Waals surface area contributed by atoms with E-state index in [1.807, 2.05) is 121 Å². The van der Waals surface area contributed by atoms with Gasteiger partial charge in [-0.3, -0.25) is 0 Å². The Bertz CT molecular complexity index is 6940. The van der Waals surface area contributed by atoms with Crippen LogP contribution in [-0.2, 0) is 0 Å². The highest BCUT2D eigenvalue weighted by atomic mass is 16.3. The first-order chi connectivity index (χ1) is 53.5. The van der Waals surface area contributed by atoms with Gasteiger partial charge in [0.1, 0.15) is 22.3 Å². The van der Waals surface area contributed by atoms with Gasteiger partial charge in [0.25, 0.3) is 0 Å². The lowest BCUT2D eigenvalue weighted by atomic mass is 9.95. The van der Waals surface area contributed by atoms with Crippen molar-refractivity contribution in [2.75, 3.05) is 0 Å². The van der Waals surface area contributed by atoms with Crippen molar-refractivity contribution < 1.29 is 8.83 Å². The Morgan fingerprint density at radius 2 is 0.417 bits per heavy atom.